The molecule has 8 nitrogen and oxygen atoms in total. The van der Waals surface area contributed by atoms with Gasteiger partial charge in [0.1, 0.15) is 5.75 Å². The van der Waals surface area contributed by atoms with Gasteiger partial charge in [-0.25, -0.2) is 4.98 Å². The van der Waals surface area contributed by atoms with Gasteiger partial charge in [0.15, 0.2) is 0 Å². The number of rotatable bonds is 7. The molecule has 3 N–H and O–H groups in total. The van der Waals surface area contributed by atoms with Crippen LogP contribution in [0.2, 0.25) is 0 Å². The monoisotopic (exact) mass is 418 g/mol. The van der Waals surface area contributed by atoms with Crippen LogP contribution >= 0.6 is 0 Å². The number of fused-ring (bicyclic) bond motifs is 1. The first kappa shape index (κ1) is 20.7. The van der Waals surface area contributed by atoms with Crippen molar-refractivity contribution in [2.24, 2.45) is 0 Å². The van der Waals surface area contributed by atoms with E-state index in [0.717, 1.165) is 49.3 Å². The van der Waals surface area contributed by atoms with E-state index in [1.807, 2.05) is 23.1 Å². The fourth-order valence-electron chi connectivity index (χ4n) is 3.74. The van der Waals surface area contributed by atoms with Crippen molar-refractivity contribution in [1.82, 2.24) is 19.8 Å². The summed E-state index contributed by atoms with van der Waals surface area (Å²) in [7, 11) is 0. The largest absolute Gasteiger partial charge is 0.439 e. The average molecular weight is 419 g/mol. The van der Waals surface area contributed by atoms with Gasteiger partial charge in [0.2, 0.25) is 11.8 Å². The smallest absolute Gasteiger partial charge is 0.219 e. The number of nitrogens with zero attached hydrogens (tertiary/aromatic N) is 3. The fourth-order valence-corrected chi connectivity index (χ4v) is 3.74. The van der Waals surface area contributed by atoms with Crippen molar-refractivity contribution in [1.29, 1.82) is 10.8 Å². The molecule has 1 fully saturated rings. The zero-order chi connectivity index (χ0) is 21.8. The highest BCUT2D eigenvalue weighted by molar-refractivity contribution is 6.04. The number of pyridine rings is 1. The lowest BCUT2D eigenvalue weighted by Gasteiger charge is -2.33. The lowest BCUT2D eigenvalue weighted by Crippen LogP contribution is -2.47. The second-order valence-electron chi connectivity index (χ2n) is 7.70. The molecule has 1 aromatic carbocycles. The summed E-state index contributed by atoms with van der Waals surface area (Å²) in [6.45, 7) is 5.76. The molecule has 1 aliphatic rings. The molecule has 31 heavy (non-hydrogen) atoms. The second kappa shape index (κ2) is 9.09. The number of aromatic amines is 1. The second-order valence-corrected chi connectivity index (χ2v) is 7.70. The standard InChI is InChI=1S/C23H26N6O2/c1-16(30)29-10-8-28(9-11-29)15-19-12-18-13-20(3-4-22(18)27-19)31-23-5-2-17(14-26-23)21(25)6-7-24/h2-5,7,12-14,24-25,27H,6,8-11,15H2,1H3. The van der Waals surface area contributed by atoms with Crippen molar-refractivity contribution in [2.45, 2.75) is 19.9 Å². The van der Waals surface area contributed by atoms with Crippen LogP contribution in [-0.4, -0.2) is 63.8 Å². The molecule has 0 bridgehead atoms. The maximum absolute atomic E-state index is 11.5. The van der Waals surface area contributed by atoms with Gasteiger partial charge in [-0.2, -0.15) is 0 Å². The Bertz CT molecular complexity index is 1100. The Kier molecular flexibility index (Phi) is 6.08. The van der Waals surface area contributed by atoms with E-state index in [9.17, 15) is 4.79 Å². The molecule has 1 saturated heterocycles. The van der Waals surface area contributed by atoms with Crippen LogP contribution in [0.15, 0.2) is 42.6 Å². The third-order valence-electron chi connectivity index (χ3n) is 5.47. The third kappa shape index (κ3) is 4.97. The lowest BCUT2D eigenvalue weighted by atomic mass is 10.1. The Morgan fingerprint density at radius 2 is 2.00 bits per heavy atom. The van der Waals surface area contributed by atoms with E-state index in [1.165, 1.54) is 6.21 Å². The van der Waals surface area contributed by atoms with Crippen molar-refractivity contribution in [3.8, 4) is 11.6 Å². The number of hydrogen-bond acceptors (Lipinski definition) is 6. The molecule has 0 aliphatic carbocycles. The number of ether oxygens (including phenoxy) is 1. The molecule has 1 amide bonds. The number of hydrogen-bond donors (Lipinski definition) is 3. The SMILES string of the molecule is CC(=O)N1CCN(Cc2cc3cc(Oc4ccc(C(=N)CC=N)cn4)ccc3[nH]2)CC1. The predicted octanol–water partition coefficient (Wildman–Crippen LogP) is 3.43. The van der Waals surface area contributed by atoms with Crippen LogP contribution in [0.5, 0.6) is 11.6 Å². The minimum Gasteiger partial charge on any atom is -0.439 e. The number of benzene rings is 1. The van der Waals surface area contributed by atoms with Crippen molar-refractivity contribution in [2.75, 3.05) is 26.2 Å². The number of piperazine rings is 1. The Labute approximate surface area is 180 Å². The third-order valence-corrected chi connectivity index (χ3v) is 5.47. The number of carbonyl (C=O) groups is 1. The summed E-state index contributed by atoms with van der Waals surface area (Å²) in [5.74, 6) is 1.30. The van der Waals surface area contributed by atoms with Crippen molar-refractivity contribution < 1.29 is 9.53 Å². The summed E-state index contributed by atoms with van der Waals surface area (Å²) in [5.41, 5.74) is 3.23. The first-order valence-corrected chi connectivity index (χ1v) is 10.3. The fraction of sp³-hybridized carbons (Fsp3) is 0.304. The lowest BCUT2D eigenvalue weighted by molar-refractivity contribution is -0.130. The molecule has 0 spiro atoms. The minimum atomic E-state index is 0.145. The summed E-state index contributed by atoms with van der Waals surface area (Å²) in [5, 5.41) is 16.1. The number of H-pyrrole nitrogens is 1. The maximum Gasteiger partial charge on any atom is 0.219 e. The van der Waals surface area contributed by atoms with Crippen LogP contribution in [0.3, 0.4) is 0 Å². The van der Waals surface area contributed by atoms with E-state index < -0.39 is 0 Å². The summed E-state index contributed by atoms with van der Waals surface area (Å²) in [4.78, 5) is 23.5. The molecule has 0 atom stereocenters. The van der Waals surface area contributed by atoms with Crippen molar-refractivity contribution in [3.63, 3.8) is 0 Å². The first-order valence-electron chi connectivity index (χ1n) is 10.3. The van der Waals surface area contributed by atoms with Gasteiger partial charge < -0.3 is 25.4 Å². The zero-order valence-corrected chi connectivity index (χ0v) is 17.5. The predicted molar refractivity (Wildman–Crippen MR) is 120 cm³/mol. The van der Waals surface area contributed by atoms with Gasteiger partial charge in [-0.05, 0) is 30.3 Å². The Morgan fingerprint density at radius 3 is 2.68 bits per heavy atom. The molecule has 2 aromatic heterocycles. The van der Waals surface area contributed by atoms with Crippen molar-refractivity contribution >= 4 is 28.7 Å². The van der Waals surface area contributed by atoms with E-state index >= 15 is 0 Å². The van der Waals surface area contributed by atoms with Gasteiger partial charge >= 0.3 is 0 Å². The first-order chi connectivity index (χ1) is 15.0. The highest BCUT2D eigenvalue weighted by atomic mass is 16.5. The van der Waals surface area contributed by atoms with Crippen LogP contribution in [0, 0.1) is 10.8 Å². The highest BCUT2D eigenvalue weighted by Crippen LogP contribution is 2.26. The van der Waals surface area contributed by atoms with E-state index in [4.69, 9.17) is 15.6 Å². The van der Waals surface area contributed by atoms with Crippen LogP contribution in [0.4, 0.5) is 0 Å². The molecule has 8 heteroatoms. The quantitative estimate of drug-likeness (QED) is 0.511. The number of carbonyl (C=O) groups excluding carboxylic acids is 1. The zero-order valence-electron chi connectivity index (χ0n) is 17.5. The Morgan fingerprint density at radius 1 is 1.19 bits per heavy atom. The number of aromatic nitrogens is 2. The molecule has 0 unspecified atom stereocenters. The molecule has 160 valence electrons. The molecule has 1 aliphatic heterocycles. The number of amides is 1. The van der Waals surface area contributed by atoms with Gasteiger partial charge in [-0.1, -0.05) is 0 Å². The molecule has 3 heterocycles. The van der Waals surface area contributed by atoms with E-state index in [0.29, 0.717) is 29.3 Å². The topological polar surface area (TPSA) is 109 Å². The molecular weight excluding hydrogens is 392 g/mol. The Hall–Kier alpha value is -3.52. The summed E-state index contributed by atoms with van der Waals surface area (Å²) >= 11 is 0. The van der Waals surface area contributed by atoms with Gasteiger partial charge in [0.05, 0.1) is 0 Å². The molecule has 4 rings (SSSR count). The van der Waals surface area contributed by atoms with Crippen molar-refractivity contribution in [3.05, 3.63) is 53.9 Å². The van der Waals surface area contributed by atoms with Gasteiger partial charge in [0.25, 0.3) is 0 Å². The summed E-state index contributed by atoms with van der Waals surface area (Å²) in [6, 6.07) is 11.5. The maximum atomic E-state index is 11.5. The van der Waals surface area contributed by atoms with Crippen LogP contribution < -0.4 is 4.74 Å². The van der Waals surface area contributed by atoms with Gasteiger partial charge in [0, 0.05) is 92.4 Å². The van der Waals surface area contributed by atoms with Crippen LogP contribution in [0.1, 0.15) is 24.6 Å². The van der Waals surface area contributed by atoms with E-state index in [2.05, 4.69) is 20.9 Å². The van der Waals surface area contributed by atoms with Crippen LogP contribution in [-0.2, 0) is 11.3 Å². The van der Waals surface area contributed by atoms with Crippen LogP contribution in [0.25, 0.3) is 10.9 Å². The average Bonchev–Trinajstić information content (AvgIpc) is 3.16. The van der Waals surface area contributed by atoms with Gasteiger partial charge in [-0.15, -0.1) is 0 Å². The number of nitrogens with one attached hydrogen (secondary N) is 3. The molecule has 0 radical (unpaired) electrons. The highest BCUT2D eigenvalue weighted by Gasteiger charge is 2.19. The minimum absolute atomic E-state index is 0.145. The Balaban J connectivity index is 1.40. The van der Waals surface area contributed by atoms with E-state index in [-0.39, 0.29) is 5.91 Å². The summed E-state index contributed by atoms with van der Waals surface area (Å²) in [6.07, 6.45) is 3.10. The summed E-state index contributed by atoms with van der Waals surface area (Å²) < 4.78 is 5.89. The van der Waals surface area contributed by atoms with E-state index in [1.54, 1.807) is 25.3 Å². The normalized spacial score (nSPS) is 14.5. The van der Waals surface area contributed by atoms with Gasteiger partial charge in [-0.3, -0.25) is 9.69 Å². The molecular formula is C23H26N6O2. The molecule has 0 saturated carbocycles. The molecule has 3 aromatic rings.